The lowest BCUT2D eigenvalue weighted by Gasteiger charge is -2.40. The van der Waals surface area contributed by atoms with E-state index in [0.29, 0.717) is 36.0 Å². The van der Waals surface area contributed by atoms with Crippen LogP contribution in [0.15, 0.2) is 30.3 Å². The van der Waals surface area contributed by atoms with Gasteiger partial charge < -0.3 is 24.5 Å². The molecule has 288 valence electrons. The largest absolute Gasteiger partial charge is 0.444 e. The molecule has 4 unspecified atom stereocenters. The maximum Gasteiger partial charge on any atom is 0.408 e. The van der Waals surface area contributed by atoms with Crippen LogP contribution in [0.25, 0.3) is 0 Å². The molecule has 1 amide bonds. The molecule has 4 saturated heterocycles. The van der Waals surface area contributed by atoms with Crippen molar-refractivity contribution in [1.82, 2.24) is 45.1 Å². The lowest BCUT2D eigenvalue weighted by Crippen LogP contribution is -2.45. The highest BCUT2D eigenvalue weighted by Gasteiger charge is 2.42. The summed E-state index contributed by atoms with van der Waals surface area (Å²) in [5.74, 6) is 5.23. The molecule has 2 N–H and O–H groups in total. The summed E-state index contributed by atoms with van der Waals surface area (Å²) in [5.41, 5.74) is 0.610. The van der Waals surface area contributed by atoms with Crippen LogP contribution in [0.2, 0.25) is 0 Å². The molecule has 4 aliphatic rings. The Balaban J connectivity index is 0.000000243. The number of fused-ring (bicyclic) bond motifs is 4. The molecule has 12 heteroatoms. The number of amides is 1. The van der Waals surface area contributed by atoms with Crippen molar-refractivity contribution in [2.75, 3.05) is 6.54 Å². The van der Waals surface area contributed by atoms with Gasteiger partial charge in [0.2, 0.25) is 0 Å². The minimum absolute atomic E-state index is 0. The monoisotopic (exact) mass is 735 g/mol. The van der Waals surface area contributed by atoms with Crippen molar-refractivity contribution < 1.29 is 9.53 Å². The highest BCUT2D eigenvalue weighted by molar-refractivity contribution is 7.59. The molecular formula is C40H65N9O2S. The molecule has 1 aromatic carbocycles. The fraction of sp³-hybridized carbons (Fsp3) is 0.725. The second kappa shape index (κ2) is 17.0. The summed E-state index contributed by atoms with van der Waals surface area (Å²) in [6.45, 7) is 19.6. The van der Waals surface area contributed by atoms with E-state index in [0.717, 1.165) is 66.8 Å². The predicted molar refractivity (Wildman–Crippen MR) is 211 cm³/mol. The van der Waals surface area contributed by atoms with Crippen LogP contribution in [0.1, 0.15) is 165 Å². The molecule has 0 radical (unpaired) electrons. The number of ether oxygens (including phenoxy) is 1. The topological polar surface area (TPSA) is 115 Å². The minimum atomic E-state index is -0.512. The number of nitrogens with one attached hydrogen (secondary N) is 2. The van der Waals surface area contributed by atoms with E-state index in [1.165, 1.54) is 38.5 Å². The number of piperidine rings is 2. The molecule has 2 aromatic heterocycles. The van der Waals surface area contributed by atoms with Crippen molar-refractivity contribution in [3.8, 4) is 0 Å². The van der Waals surface area contributed by atoms with Crippen molar-refractivity contribution >= 4 is 19.6 Å². The van der Waals surface area contributed by atoms with Gasteiger partial charge in [0.25, 0.3) is 0 Å². The van der Waals surface area contributed by atoms with E-state index in [4.69, 9.17) is 4.74 Å². The first-order valence-electron chi connectivity index (χ1n) is 19.7. The van der Waals surface area contributed by atoms with Crippen molar-refractivity contribution in [2.24, 2.45) is 0 Å². The number of hydrogen-bond donors (Lipinski definition) is 2. The number of nitrogens with zero attached hydrogens (tertiary/aromatic N) is 7. The average Bonchev–Trinajstić information content (AvgIpc) is 3.81. The maximum absolute atomic E-state index is 12.6. The minimum Gasteiger partial charge on any atom is -0.444 e. The van der Waals surface area contributed by atoms with Gasteiger partial charge in [0.05, 0.1) is 6.04 Å². The van der Waals surface area contributed by atoms with Crippen LogP contribution in [0, 0.1) is 13.8 Å². The number of rotatable bonds is 9. The van der Waals surface area contributed by atoms with Crippen LogP contribution in [0.4, 0.5) is 4.79 Å². The second-order valence-electron chi connectivity index (χ2n) is 17.2. The fourth-order valence-electron chi connectivity index (χ4n) is 9.26. The Morgan fingerprint density at radius 1 is 0.788 bits per heavy atom. The van der Waals surface area contributed by atoms with Gasteiger partial charge in [-0.25, -0.2) is 4.79 Å². The third-order valence-corrected chi connectivity index (χ3v) is 11.4. The van der Waals surface area contributed by atoms with Gasteiger partial charge in [-0.3, -0.25) is 4.90 Å². The average molecular weight is 736 g/mol. The zero-order valence-electron chi connectivity index (χ0n) is 33.1. The van der Waals surface area contributed by atoms with Gasteiger partial charge in [0, 0.05) is 54.6 Å². The molecule has 4 bridgehead atoms. The molecule has 0 aliphatic carbocycles. The van der Waals surface area contributed by atoms with E-state index >= 15 is 0 Å². The number of carbonyl (C=O) groups excluding carboxylic acids is 1. The number of alkyl carbamates (subject to hydrolysis) is 1. The highest BCUT2D eigenvalue weighted by Crippen LogP contribution is 2.42. The van der Waals surface area contributed by atoms with Crippen molar-refractivity contribution in [1.29, 1.82) is 0 Å². The quantitative estimate of drug-likeness (QED) is 0.229. The van der Waals surface area contributed by atoms with Gasteiger partial charge in [-0.2, -0.15) is 13.5 Å². The Morgan fingerprint density at radius 2 is 1.29 bits per heavy atom. The zero-order valence-corrected chi connectivity index (χ0v) is 34.1. The van der Waals surface area contributed by atoms with Crippen LogP contribution in [0.3, 0.4) is 0 Å². The maximum atomic E-state index is 12.6. The molecule has 0 saturated carbocycles. The number of aryl methyl sites for hydroxylation is 2. The Hall–Kier alpha value is -2.96. The fourth-order valence-corrected chi connectivity index (χ4v) is 9.26. The molecule has 11 nitrogen and oxygen atoms in total. The Kier molecular flexibility index (Phi) is 13.2. The molecule has 5 atom stereocenters. The van der Waals surface area contributed by atoms with E-state index in [1.807, 2.05) is 39.0 Å². The number of aromatic nitrogens is 6. The van der Waals surface area contributed by atoms with E-state index in [9.17, 15) is 4.79 Å². The van der Waals surface area contributed by atoms with E-state index in [-0.39, 0.29) is 25.6 Å². The van der Waals surface area contributed by atoms with Crippen molar-refractivity contribution in [3.63, 3.8) is 0 Å². The molecule has 3 aromatic rings. The van der Waals surface area contributed by atoms with E-state index < -0.39 is 5.60 Å². The predicted octanol–water partition coefficient (Wildman–Crippen LogP) is 7.81. The third-order valence-electron chi connectivity index (χ3n) is 11.4. The molecule has 7 rings (SSSR count). The van der Waals surface area contributed by atoms with Crippen LogP contribution >= 0.6 is 13.5 Å². The highest BCUT2D eigenvalue weighted by atomic mass is 32.1. The first kappa shape index (κ1) is 40.2. The van der Waals surface area contributed by atoms with Crippen molar-refractivity contribution in [2.45, 2.75) is 180 Å². The van der Waals surface area contributed by atoms with E-state index in [2.05, 4.69) is 98.7 Å². The Morgan fingerprint density at radius 3 is 1.77 bits per heavy atom. The summed E-state index contributed by atoms with van der Waals surface area (Å²) in [6.07, 6.45) is 10.5. The molecule has 0 spiro atoms. The molecule has 4 aliphatic heterocycles. The first-order chi connectivity index (χ1) is 24.3. The summed E-state index contributed by atoms with van der Waals surface area (Å²) in [7, 11) is 0. The SMILES string of the molecule is Cc1nnc(C(C)C)n1C1CC2CCC(C1)N2.Cc1nnc(C(C)C)n1C1CC2CCC(C1)N2CC[C@H](NC(=O)OC(C)(C)C)c1ccccc1.S. The molecule has 4 fully saturated rings. The van der Waals surface area contributed by atoms with Crippen LogP contribution < -0.4 is 10.6 Å². The molecular weight excluding hydrogens is 671 g/mol. The van der Waals surface area contributed by atoms with Crippen LogP contribution in [0.5, 0.6) is 0 Å². The number of benzene rings is 1. The van der Waals surface area contributed by atoms with E-state index in [1.54, 1.807) is 0 Å². The Labute approximate surface area is 318 Å². The molecule has 6 heterocycles. The summed E-state index contributed by atoms with van der Waals surface area (Å²) in [5, 5.41) is 24.3. The van der Waals surface area contributed by atoms with Gasteiger partial charge in [0.15, 0.2) is 0 Å². The second-order valence-corrected chi connectivity index (χ2v) is 17.2. The summed E-state index contributed by atoms with van der Waals surface area (Å²) in [6, 6.07) is 13.9. The number of hydrogen-bond acceptors (Lipinski definition) is 8. The smallest absolute Gasteiger partial charge is 0.408 e. The number of carbonyl (C=O) groups is 1. The first-order valence-corrected chi connectivity index (χ1v) is 19.7. The third kappa shape index (κ3) is 9.39. The zero-order chi connectivity index (χ0) is 36.4. The van der Waals surface area contributed by atoms with Gasteiger partial charge in [-0.15, -0.1) is 20.4 Å². The lowest BCUT2D eigenvalue weighted by atomic mass is 9.95. The summed E-state index contributed by atoms with van der Waals surface area (Å²) < 4.78 is 10.4. The summed E-state index contributed by atoms with van der Waals surface area (Å²) >= 11 is 0. The summed E-state index contributed by atoms with van der Waals surface area (Å²) in [4.78, 5) is 15.3. The van der Waals surface area contributed by atoms with Gasteiger partial charge >= 0.3 is 6.09 Å². The Bertz CT molecular complexity index is 1570. The van der Waals surface area contributed by atoms with Gasteiger partial charge in [0.1, 0.15) is 28.9 Å². The van der Waals surface area contributed by atoms with Crippen molar-refractivity contribution in [3.05, 3.63) is 59.2 Å². The van der Waals surface area contributed by atoms with Gasteiger partial charge in [-0.1, -0.05) is 58.0 Å². The van der Waals surface area contributed by atoms with Crippen LogP contribution in [-0.2, 0) is 4.74 Å². The normalized spacial score (nSPS) is 26.1. The standard InChI is InChI=1S/C27H41N5O2.C13H22N4.H2S/c1-18(2)25-30-29-19(3)32(25)23-16-21-12-13-22(17-23)31(21)15-14-24(20-10-8-7-9-11-20)28-26(33)34-27(4,5)6;1-8(2)13-16-15-9(3)17(13)12-6-10-4-5-11(7-12)14-10;/h7-11,18,21-24H,12-17H2,1-6H3,(H,28,33);8,10-12,14H,4-7H2,1-3H3;1H2/t21?,22?,23?,24-;;/m0../s1. The van der Waals surface area contributed by atoms with Gasteiger partial charge in [-0.05, 0) is 98.0 Å². The van der Waals surface area contributed by atoms with Crippen LogP contribution in [-0.4, -0.2) is 76.8 Å². The molecule has 52 heavy (non-hydrogen) atoms. The lowest BCUT2D eigenvalue weighted by molar-refractivity contribution is 0.0488.